The lowest BCUT2D eigenvalue weighted by atomic mass is 10.0. The normalized spacial score (nSPS) is 22.2. The Kier molecular flexibility index (Phi) is 1.74. The van der Waals surface area contributed by atoms with E-state index in [1.807, 2.05) is 11.3 Å². The van der Waals surface area contributed by atoms with Crippen LogP contribution in [0.2, 0.25) is 0 Å². The topological polar surface area (TPSA) is 26.0 Å². The van der Waals surface area contributed by atoms with E-state index >= 15 is 0 Å². The molecule has 0 aliphatic heterocycles. The van der Waals surface area contributed by atoms with Crippen molar-refractivity contribution >= 4 is 11.3 Å². The molecule has 0 saturated heterocycles. The average molecular weight is 167 g/mol. The van der Waals surface area contributed by atoms with E-state index in [1.54, 1.807) is 10.4 Å². The van der Waals surface area contributed by atoms with E-state index in [2.05, 4.69) is 12.3 Å². The summed E-state index contributed by atoms with van der Waals surface area (Å²) in [6.07, 6.45) is 2.54. The van der Waals surface area contributed by atoms with Gasteiger partial charge in [-0.25, -0.2) is 0 Å². The molecule has 2 rings (SSSR count). The van der Waals surface area contributed by atoms with Gasteiger partial charge in [0.2, 0.25) is 0 Å². The summed E-state index contributed by atoms with van der Waals surface area (Å²) in [5, 5.41) is 2.26. The van der Waals surface area contributed by atoms with Crippen LogP contribution in [0.25, 0.3) is 0 Å². The fraction of sp³-hybridized carbons (Fsp3) is 0.556. The van der Waals surface area contributed by atoms with Crippen LogP contribution in [-0.2, 0) is 6.42 Å². The summed E-state index contributed by atoms with van der Waals surface area (Å²) in [6.45, 7) is 3.02. The Morgan fingerprint density at radius 3 is 3.27 bits per heavy atom. The first kappa shape index (κ1) is 7.32. The minimum Gasteiger partial charge on any atom is -0.330 e. The van der Waals surface area contributed by atoms with Crippen LogP contribution in [0.5, 0.6) is 0 Å². The van der Waals surface area contributed by atoms with E-state index < -0.39 is 0 Å². The highest BCUT2D eigenvalue weighted by Crippen LogP contribution is 2.38. The molecule has 0 spiro atoms. The van der Waals surface area contributed by atoms with Gasteiger partial charge in [-0.05, 0) is 48.7 Å². The number of hydrogen-bond donors (Lipinski definition) is 1. The summed E-state index contributed by atoms with van der Waals surface area (Å²) in [6, 6.07) is 0. The van der Waals surface area contributed by atoms with Gasteiger partial charge in [-0.1, -0.05) is 0 Å². The second-order valence-electron chi connectivity index (χ2n) is 3.23. The number of hydrogen-bond acceptors (Lipinski definition) is 2. The molecule has 0 amide bonds. The van der Waals surface area contributed by atoms with Gasteiger partial charge in [0.05, 0.1) is 0 Å². The van der Waals surface area contributed by atoms with Crippen molar-refractivity contribution in [1.82, 2.24) is 0 Å². The predicted octanol–water partition coefficient (Wildman–Crippen LogP) is 2.05. The van der Waals surface area contributed by atoms with Crippen LogP contribution >= 0.6 is 11.3 Å². The first-order valence-corrected chi connectivity index (χ1v) is 4.98. The van der Waals surface area contributed by atoms with E-state index in [-0.39, 0.29) is 0 Å². The number of nitrogens with two attached hydrogens (primary N) is 1. The lowest BCUT2D eigenvalue weighted by Crippen LogP contribution is -2.09. The van der Waals surface area contributed by atoms with Gasteiger partial charge in [-0.15, -0.1) is 11.3 Å². The summed E-state index contributed by atoms with van der Waals surface area (Å²) in [5.41, 5.74) is 8.70. The molecular formula is C9H13NS. The standard InChI is InChI=1S/C9H13NS/c1-6-5-11-8-3-2-7(4-10)9(6)8/h5,7H,2-4,10H2,1H3. The van der Waals surface area contributed by atoms with Crippen molar-refractivity contribution < 1.29 is 0 Å². The smallest absolute Gasteiger partial charge is 0.00834 e. The maximum atomic E-state index is 5.68. The Morgan fingerprint density at radius 2 is 2.55 bits per heavy atom. The van der Waals surface area contributed by atoms with Gasteiger partial charge in [0, 0.05) is 4.88 Å². The van der Waals surface area contributed by atoms with E-state index in [9.17, 15) is 0 Å². The van der Waals surface area contributed by atoms with Crippen molar-refractivity contribution in [3.63, 3.8) is 0 Å². The van der Waals surface area contributed by atoms with Crippen molar-refractivity contribution in [2.24, 2.45) is 5.73 Å². The quantitative estimate of drug-likeness (QED) is 0.680. The zero-order chi connectivity index (χ0) is 7.84. The van der Waals surface area contributed by atoms with E-state index in [0.717, 1.165) is 6.54 Å². The minimum absolute atomic E-state index is 0.663. The highest BCUT2D eigenvalue weighted by Gasteiger charge is 2.24. The zero-order valence-electron chi connectivity index (χ0n) is 6.76. The van der Waals surface area contributed by atoms with Gasteiger partial charge < -0.3 is 5.73 Å². The predicted molar refractivity (Wildman–Crippen MR) is 49.2 cm³/mol. The maximum Gasteiger partial charge on any atom is 0.00834 e. The molecule has 2 heteroatoms. The van der Waals surface area contributed by atoms with Crippen LogP contribution < -0.4 is 5.73 Å². The molecule has 0 aromatic carbocycles. The molecule has 11 heavy (non-hydrogen) atoms. The lowest BCUT2D eigenvalue weighted by molar-refractivity contribution is 0.685. The Bertz CT molecular complexity index is 265. The zero-order valence-corrected chi connectivity index (χ0v) is 7.58. The first-order valence-electron chi connectivity index (χ1n) is 4.10. The number of thiophene rings is 1. The van der Waals surface area contributed by atoms with Crippen LogP contribution in [0.4, 0.5) is 0 Å². The highest BCUT2D eigenvalue weighted by molar-refractivity contribution is 7.10. The van der Waals surface area contributed by atoms with Gasteiger partial charge in [0.1, 0.15) is 0 Å². The molecule has 1 nitrogen and oxygen atoms in total. The molecule has 60 valence electrons. The monoisotopic (exact) mass is 167 g/mol. The second kappa shape index (κ2) is 2.61. The largest absolute Gasteiger partial charge is 0.330 e. The summed E-state index contributed by atoms with van der Waals surface area (Å²) >= 11 is 1.90. The van der Waals surface area contributed by atoms with Gasteiger partial charge in [-0.3, -0.25) is 0 Å². The SMILES string of the molecule is Cc1csc2c1C(CN)CC2. The molecule has 1 aliphatic rings. The molecule has 1 heterocycles. The summed E-state index contributed by atoms with van der Waals surface area (Å²) in [5.74, 6) is 0.663. The van der Waals surface area contributed by atoms with E-state index in [1.165, 1.54) is 18.4 Å². The average Bonchev–Trinajstić information content (AvgIpc) is 2.54. The first-order chi connectivity index (χ1) is 5.33. The minimum atomic E-state index is 0.663. The molecule has 0 radical (unpaired) electrons. The van der Waals surface area contributed by atoms with Crippen LogP contribution in [-0.4, -0.2) is 6.54 Å². The third kappa shape index (κ3) is 1.01. The van der Waals surface area contributed by atoms with Gasteiger partial charge >= 0.3 is 0 Å². The Hall–Kier alpha value is -0.340. The number of aryl methyl sites for hydroxylation is 2. The number of rotatable bonds is 1. The van der Waals surface area contributed by atoms with Crippen molar-refractivity contribution in [1.29, 1.82) is 0 Å². The van der Waals surface area contributed by atoms with Gasteiger partial charge in [0.25, 0.3) is 0 Å². The van der Waals surface area contributed by atoms with Crippen LogP contribution in [0.3, 0.4) is 0 Å². The summed E-state index contributed by atoms with van der Waals surface area (Å²) in [7, 11) is 0. The molecule has 0 fully saturated rings. The maximum absolute atomic E-state index is 5.68. The lowest BCUT2D eigenvalue weighted by Gasteiger charge is -2.06. The van der Waals surface area contributed by atoms with Crippen LogP contribution in [0, 0.1) is 6.92 Å². The van der Waals surface area contributed by atoms with Crippen molar-refractivity contribution in [3.8, 4) is 0 Å². The van der Waals surface area contributed by atoms with Crippen molar-refractivity contribution in [2.45, 2.75) is 25.7 Å². The van der Waals surface area contributed by atoms with Crippen LogP contribution in [0.1, 0.15) is 28.3 Å². The fourth-order valence-electron chi connectivity index (χ4n) is 1.94. The molecule has 2 N–H and O–H groups in total. The van der Waals surface area contributed by atoms with Gasteiger partial charge in [-0.2, -0.15) is 0 Å². The third-order valence-electron chi connectivity index (χ3n) is 2.52. The fourth-order valence-corrected chi connectivity index (χ4v) is 3.07. The molecule has 1 aliphatic carbocycles. The Labute approximate surface area is 71.2 Å². The Morgan fingerprint density at radius 1 is 1.73 bits per heavy atom. The molecule has 1 aromatic rings. The molecule has 1 atom stereocenters. The van der Waals surface area contributed by atoms with E-state index in [4.69, 9.17) is 5.73 Å². The third-order valence-corrected chi connectivity index (χ3v) is 3.70. The van der Waals surface area contributed by atoms with Crippen LogP contribution in [0.15, 0.2) is 5.38 Å². The van der Waals surface area contributed by atoms with E-state index in [0.29, 0.717) is 5.92 Å². The molecule has 1 aromatic heterocycles. The summed E-state index contributed by atoms with van der Waals surface area (Å²) in [4.78, 5) is 1.58. The second-order valence-corrected chi connectivity index (χ2v) is 4.19. The summed E-state index contributed by atoms with van der Waals surface area (Å²) < 4.78 is 0. The number of fused-ring (bicyclic) bond motifs is 1. The molecule has 0 saturated carbocycles. The van der Waals surface area contributed by atoms with Crippen molar-refractivity contribution in [3.05, 3.63) is 21.4 Å². The highest BCUT2D eigenvalue weighted by atomic mass is 32.1. The Balaban J connectivity index is 2.42. The molecule has 0 bridgehead atoms. The van der Waals surface area contributed by atoms with Crippen molar-refractivity contribution in [2.75, 3.05) is 6.54 Å². The van der Waals surface area contributed by atoms with Gasteiger partial charge in [0.15, 0.2) is 0 Å². The molecular weight excluding hydrogens is 154 g/mol. The molecule has 1 unspecified atom stereocenters.